The van der Waals surface area contributed by atoms with Gasteiger partial charge in [0.2, 0.25) is 0 Å². The van der Waals surface area contributed by atoms with Gasteiger partial charge < -0.3 is 4.98 Å². The molecular formula is C22H20N2O2S. The molecule has 0 saturated carbocycles. The molecule has 4 aromatic rings. The van der Waals surface area contributed by atoms with E-state index >= 15 is 0 Å². The molecule has 27 heavy (non-hydrogen) atoms. The van der Waals surface area contributed by atoms with Crippen molar-refractivity contribution >= 4 is 26.6 Å². The molecule has 0 saturated heterocycles. The highest BCUT2D eigenvalue weighted by Crippen LogP contribution is 2.32. The van der Waals surface area contributed by atoms with Gasteiger partial charge in [-0.25, -0.2) is 8.42 Å². The van der Waals surface area contributed by atoms with Crippen molar-refractivity contribution in [2.75, 3.05) is 4.31 Å². The minimum absolute atomic E-state index is 0.263. The number of hydrogen-bond acceptors (Lipinski definition) is 2. The largest absolute Gasteiger partial charge is 0.359 e. The third-order valence-electron chi connectivity index (χ3n) is 4.58. The van der Waals surface area contributed by atoms with Crippen LogP contribution in [0.2, 0.25) is 0 Å². The van der Waals surface area contributed by atoms with Crippen LogP contribution < -0.4 is 4.31 Å². The van der Waals surface area contributed by atoms with Crippen molar-refractivity contribution in [1.29, 1.82) is 0 Å². The molecule has 0 amide bonds. The summed E-state index contributed by atoms with van der Waals surface area (Å²) in [5, 5.41) is 0.879. The number of aromatic amines is 1. The monoisotopic (exact) mass is 376 g/mol. The maximum absolute atomic E-state index is 13.5. The number of anilines is 1. The van der Waals surface area contributed by atoms with Crippen LogP contribution in [0.1, 0.15) is 11.1 Å². The van der Waals surface area contributed by atoms with Gasteiger partial charge in [0.25, 0.3) is 10.0 Å². The lowest BCUT2D eigenvalue weighted by molar-refractivity contribution is 0.590. The predicted molar refractivity (Wildman–Crippen MR) is 109 cm³/mol. The lowest BCUT2D eigenvalue weighted by atomic mass is 10.2. The van der Waals surface area contributed by atoms with E-state index in [4.69, 9.17) is 0 Å². The second kappa shape index (κ2) is 6.93. The van der Waals surface area contributed by atoms with Crippen LogP contribution in [0, 0.1) is 6.92 Å². The number of nitrogens with zero attached hydrogens (tertiary/aromatic N) is 1. The Bertz CT molecular complexity index is 1180. The highest BCUT2D eigenvalue weighted by atomic mass is 32.2. The van der Waals surface area contributed by atoms with Crippen molar-refractivity contribution in [3.05, 3.63) is 96.2 Å². The fourth-order valence-corrected chi connectivity index (χ4v) is 4.78. The zero-order chi connectivity index (χ0) is 18.9. The number of nitrogens with one attached hydrogen (secondary N) is 1. The maximum Gasteiger partial charge on any atom is 0.264 e. The number of para-hydroxylation sites is 1. The van der Waals surface area contributed by atoms with Gasteiger partial charge >= 0.3 is 0 Å². The van der Waals surface area contributed by atoms with Crippen LogP contribution >= 0.6 is 0 Å². The highest BCUT2D eigenvalue weighted by Gasteiger charge is 2.27. The second-order valence-electron chi connectivity index (χ2n) is 6.53. The van der Waals surface area contributed by atoms with Crippen molar-refractivity contribution in [3.63, 3.8) is 0 Å². The molecule has 1 aromatic heterocycles. The summed E-state index contributed by atoms with van der Waals surface area (Å²) in [6.45, 7) is 2.16. The fourth-order valence-electron chi connectivity index (χ4n) is 3.21. The quantitative estimate of drug-likeness (QED) is 0.540. The van der Waals surface area contributed by atoms with E-state index in [9.17, 15) is 8.42 Å². The van der Waals surface area contributed by atoms with Crippen molar-refractivity contribution in [2.24, 2.45) is 0 Å². The minimum atomic E-state index is -3.72. The van der Waals surface area contributed by atoms with E-state index < -0.39 is 10.0 Å². The van der Waals surface area contributed by atoms with Gasteiger partial charge in [-0.15, -0.1) is 0 Å². The van der Waals surface area contributed by atoms with Crippen LogP contribution in [0.4, 0.5) is 5.69 Å². The number of hydrogen-bond donors (Lipinski definition) is 1. The third-order valence-corrected chi connectivity index (χ3v) is 6.34. The van der Waals surface area contributed by atoms with Gasteiger partial charge in [-0.3, -0.25) is 4.31 Å². The first-order valence-corrected chi connectivity index (χ1v) is 10.2. The average Bonchev–Trinajstić information content (AvgIpc) is 3.10. The molecule has 136 valence electrons. The number of aromatic nitrogens is 1. The van der Waals surface area contributed by atoms with Gasteiger partial charge in [-0.1, -0.05) is 60.7 Å². The Hall–Kier alpha value is -3.05. The number of fused-ring (bicyclic) bond motifs is 1. The van der Waals surface area contributed by atoms with Crippen LogP contribution in [0.15, 0.2) is 90.0 Å². The average molecular weight is 376 g/mol. The van der Waals surface area contributed by atoms with E-state index in [0.717, 1.165) is 22.0 Å². The molecule has 0 aliphatic carbocycles. The van der Waals surface area contributed by atoms with E-state index in [0.29, 0.717) is 10.6 Å². The number of aryl methyl sites for hydroxylation is 1. The summed E-state index contributed by atoms with van der Waals surface area (Å²) < 4.78 is 28.6. The Morgan fingerprint density at radius 1 is 0.889 bits per heavy atom. The fraction of sp³-hybridized carbons (Fsp3) is 0.0909. The second-order valence-corrected chi connectivity index (χ2v) is 8.40. The summed E-state index contributed by atoms with van der Waals surface area (Å²) in [4.78, 5) is 3.48. The summed E-state index contributed by atoms with van der Waals surface area (Å²) in [5.41, 5.74) is 3.40. The van der Waals surface area contributed by atoms with Gasteiger partial charge in [0.1, 0.15) is 0 Å². The first kappa shape index (κ1) is 17.4. The topological polar surface area (TPSA) is 53.2 Å². The summed E-state index contributed by atoms with van der Waals surface area (Å²) in [6, 6.07) is 24.4. The zero-order valence-corrected chi connectivity index (χ0v) is 15.8. The molecule has 0 spiro atoms. The van der Waals surface area contributed by atoms with E-state index in [1.807, 2.05) is 67.6 Å². The molecule has 3 aromatic carbocycles. The number of benzene rings is 3. The molecule has 0 bridgehead atoms. The van der Waals surface area contributed by atoms with Gasteiger partial charge in [0.15, 0.2) is 0 Å². The Labute approximate surface area is 159 Å². The lowest BCUT2D eigenvalue weighted by Crippen LogP contribution is -2.30. The highest BCUT2D eigenvalue weighted by molar-refractivity contribution is 7.92. The standard InChI is InChI=1S/C22H20N2O2S/c1-17-8-7-11-19(14-17)27(25,26)24(16-18-9-3-2-4-10-18)22-15-23-21-13-6-5-12-20(21)22/h2-15,23H,16H2,1H3. The van der Waals surface area contributed by atoms with Crippen molar-refractivity contribution in [3.8, 4) is 0 Å². The normalized spacial score (nSPS) is 11.6. The summed E-state index contributed by atoms with van der Waals surface area (Å²) in [7, 11) is -3.72. The van der Waals surface area contributed by atoms with Gasteiger partial charge in [0, 0.05) is 17.1 Å². The summed E-state index contributed by atoms with van der Waals surface area (Å²) in [6.07, 6.45) is 1.76. The molecule has 0 unspecified atom stereocenters. The van der Waals surface area contributed by atoms with E-state index in [2.05, 4.69) is 4.98 Å². The summed E-state index contributed by atoms with van der Waals surface area (Å²) in [5.74, 6) is 0. The molecular weight excluding hydrogens is 356 g/mol. The van der Waals surface area contributed by atoms with Gasteiger partial charge in [0.05, 0.1) is 17.1 Å². The molecule has 4 rings (SSSR count). The Morgan fingerprint density at radius 3 is 2.41 bits per heavy atom. The molecule has 1 N–H and O–H groups in total. The number of H-pyrrole nitrogens is 1. The molecule has 1 heterocycles. The first-order valence-electron chi connectivity index (χ1n) is 8.75. The van der Waals surface area contributed by atoms with E-state index in [1.165, 1.54) is 4.31 Å². The van der Waals surface area contributed by atoms with Gasteiger partial charge in [-0.05, 0) is 36.2 Å². The molecule has 0 atom stereocenters. The Kier molecular flexibility index (Phi) is 4.46. The van der Waals surface area contributed by atoms with Crippen molar-refractivity contribution in [1.82, 2.24) is 4.98 Å². The molecule has 0 aliphatic rings. The SMILES string of the molecule is Cc1cccc(S(=O)(=O)N(Cc2ccccc2)c2c[nH]c3ccccc23)c1. The summed E-state index contributed by atoms with van der Waals surface area (Å²) >= 11 is 0. The van der Waals surface area contributed by atoms with E-state index in [1.54, 1.807) is 24.4 Å². The van der Waals surface area contributed by atoms with Crippen LogP contribution in [0.3, 0.4) is 0 Å². The first-order chi connectivity index (χ1) is 13.1. The number of rotatable bonds is 5. The van der Waals surface area contributed by atoms with Crippen LogP contribution in [0.25, 0.3) is 10.9 Å². The van der Waals surface area contributed by atoms with Crippen LogP contribution in [0.5, 0.6) is 0 Å². The van der Waals surface area contributed by atoms with Gasteiger partial charge in [-0.2, -0.15) is 0 Å². The molecule has 0 radical (unpaired) electrons. The predicted octanol–water partition coefficient (Wildman–Crippen LogP) is 4.87. The smallest absolute Gasteiger partial charge is 0.264 e. The van der Waals surface area contributed by atoms with Crippen LogP contribution in [-0.4, -0.2) is 13.4 Å². The number of sulfonamides is 1. The Morgan fingerprint density at radius 2 is 1.63 bits per heavy atom. The molecule has 5 heteroatoms. The maximum atomic E-state index is 13.5. The zero-order valence-electron chi connectivity index (χ0n) is 15.0. The molecule has 0 fully saturated rings. The molecule has 0 aliphatic heterocycles. The Balaban J connectivity index is 1.88. The van der Waals surface area contributed by atoms with Crippen molar-refractivity contribution in [2.45, 2.75) is 18.4 Å². The van der Waals surface area contributed by atoms with Crippen molar-refractivity contribution < 1.29 is 8.42 Å². The van der Waals surface area contributed by atoms with E-state index in [-0.39, 0.29) is 6.54 Å². The molecule has 4 nitrogen and oxygen atoms in total. The third kappa shape index (κ3) is 3.34. The lowest BCUT2D eigenvalue weighted by Gasteiger charge is -2.24. The van der Waals surface area contributed by atoms with Crippen LogP contribution in [-0.2, 0) is 16.6 Å². The minimum Gasteiger partial charge on any atom is -0.359 e.